The predicted octanol–water partition coefficient (Wildman–Crippen LogP) is 1.14. The molecular formula is C13H17NO4. The maximum Gasteiger partial charge on any atom is 0.326 e. The van der Waals surface area contributed by atoms with Gasteiger partial charge in [0.1, 0.15) is 11.8 Å². The summed E-state index contributed by atoms with van der Waals surface area (Å²) in [6.45, 7) is 1.37. The van der Waals surface area contributed by atoms with E-state index in [1.165, 1.54) is 14.0 Å². The fraction of sp³-hybridized carbons (Fsp3) is 0.385. The van der Waals surface area contributed by atoms with Gasteiger partial charge in [0.25, 0.3) is 0 Å². The summed E-state index contributed by atoms with van der Waals surface area (Å²) in [5.41, 5.74) is 1.47. The third-order valence-electron chi connectivity index (χ3n) is 2.47. The Morgan fingerprint density at radius 1 is 1.56 bits per heavy atom. The number of carboxylic acid groups (broad SMARTS) is 1. The molecule has 1 aromatic carbocycles. The van der Waals surface area contributed by atoms with Gasteiger partial charge in [-0.15, -0.1) is 0 Å². The van der Waals surface area contributed by atoms with Gasteiger partial charge in [-0.3, -0.25) is 4.79 Å². The lowest BCUT2D eigenvalue weighted by Gasteiger charge is -2.14. The van der Waals surface area contributed by atoms with Crippen molar-refractivity contribution in [2.75, 3.05) is 7.11 Å². The first-order chi connectivity index (χ1) is 8.97. The summed E-state index contributed by atoms with van der Waals surface area (Å²) in [7, 11) is 1.50. The van der Waals surface area contributed by atoms with E-state index in [4.69, 9.17) is 11.2 Å². The summed E-state index contributed by atoms with van der Waals surface area (Å²) in [5.74, 6) is -0.916. The first-order valence-corrected chi connectivity index (χ1v) is 5.42. The Balaban J connectivity index is 2.90. The summed E-state index contributed by atoms with van der Waals surface area (Å²) in [5, 5.41) is 11.4. The van der Waals surface area contributed by atoms with Crippen LogP contribution in [-0.2, 0) is 16.0 Å². The van der Waals surface area contributed by atoms with Crippen LogP contribution in [0.4, 0.5) is 0 Å². The molecule has 0 fully saturated rings. The second-order valence-corrected chi connectivity index (χ2v) is 3.94. The Morgan fingerprint density at radius 3 is 2.78 bits per heavy atom. The number of hydrogen-bond donors (Lipinski definition) is 2. The van der Waals surface area contributed by atoms with Crippen molar-refractivity contribution in [1.29, 1.82) is 0 Å². The highest BCUT2D eigenvalue weighted by molar-refractivity contribution is 5.82. The molecule has 0 unspecified atom stereocenters. The number of methoxy groups -OCH3 is 1. The Labute approximate surface area is 107 Å². The van der Waals surface area contributed by atoms with Gasteiger partial charge >= 0.3 is 5.97 Å². The Morgan fingerprint density at radius 2 is 2.28 bits per heavy atom. The molecule has 1 aromatic rings. The lowest BCUT2D eigenvalue weighted by Crippen LogP contribution is -2.41. The molecule has 0 aromatic heterocycles. The number of carbonyl (C=O) groups excluding carboxylic acids is 1. The molecule has 0 aliphatic heterocycles. The predicted molar refractivity (Wildman–Crippen MR) is 66.7 cm³/mol. The molecule has 18 heavy (non-hydrogen) atoms. The van der Waals surface area contributed by atoms with Crippen LogP contribution in [0.15, 0.2) is 18.2 Å². The topological polar surface area (TPSA) is 75.6 Å². The summed E-state index contributed by atoms with van der Waals surface area (Å²) in [6.07, 6.45) is 0.170. The molecule has 1 atom stereocenters. The van der Waals surface area contributed by atoms with Crippen LogP contribution in [0.1, 0.15) is 19.4 Å². The number of carboxylic acids is 1. The summed E-state index contributed by atoms with van der Waals surface area (Å²) in [4.78, 5) is 22.0. The number of carbonyl (C=O) groups is 2. The van der Waals surface area contributed by atoms with Crippen molar-refractivity contribution in [2.45, 2.75) is 26.3 Å². The lowest BCUT2D eigenvalue weighted by atomic mass is 10.0. The molecule has 1 rings (SSSR count). The standard InChI is InChI=1S/C13H17NO4/c1-8-4-5-10(7-12(8)18-3)6-11(13(16)17)14-9(2)15/h4-5,7,11H,6H2,1-3H3,(H,14,15)(H,16,17)/t11-/m0/s1/i1D. The minimum atomic E-state index is -1.08. The van der Waals surface area contributed by atoms with Gasteiger partial charge in [0.2, 0.25) is 5.91 Å². The fourth-order valence-electron chi connectivity index (χ4n) is 1.60. The molecule has 2 N–H and O–H groups in total. The second-order valence-electron chi connectivity index (χ2n) is 3.94. The van der Waals surface area contributed by atoms with E-state index in [0.29, 0.717) is 5.75 Å². The molecule has 98 valence electrons. The van der Waals surface area contributed by atoms with E-state index < -0.39 is 12.0 Å². The van der Waals surface area contributed by atoms with E-state index in [1.54, 1.807) is 18.2 Å². The molecule has 0 saturated carbocycles. The molecule has 5 heteroatoms. The number of amides is 1. The Bertz CT molecular complexity index is 476. The minimum absolute atomic E-state index is 0.0948. The van der Waals surface area contributed by atoms with Gasteiger partial charge in [0.15, 0.2) is 0 Å². The highest BCUT2D eigenvalue weighted by Crippen LogP contribution is 2.19. The SMILES string of the molecule is [2H]Cc1ccc(C[C@H](NC(C)=O)C(=O)O)cc1OC. The molecular weight excluding hydrogens is 234 g/mol. The van der Waals surface area contributed by atoms with Crippen molar-refractivity contribution in [3.63, 3.8) is 0 Å². The number of aliphatic carboxylic acids is 1. The lowest BCUT2D eigenvalue weighted by molar-refractivity contribution is -0.141. The van der Waals surface area contributed by atoms with Crippen molar-refractivity contribution in [2.24, 2.45) is 0 Å². The summed E-state index contributed by atoms with van der Waals surface area (Å²) in [6, 6.07) is 4.20. The Hall–Kier alpha value is -2.04. The monoisotopic (exact) mass is 252 g/mol. The van der Waals surface area contributed by atoms with E-state index in [1.807, 2.05) is 0 Å². The highest BCUT2D eigenvalue weighted by atomic mass is 16.5. The molecule has 0 aliphatic rings. The van der Waals surface area contributed by atoms with E-state index in [2.05, 4.69) is 5.32 Å². The van der Waals surface area contributed by atoms with Gasteiger partial charge in [0.05, 0.1) is 7.11 Å². The largest absolute Gasteiger partial charge is 0.496 e. The number of aryl methyl sites for hydroxylation is 1. The minimum Gasteiger partial charge on any atom is -0.496 e. The molecule has 0 heterocycles. The van der Waals surface area contributed by atoms with E-state index >= 15 is 0 Å². The van der Waals surface area contributed by atoms with Crippen LogP contribution >= 0.6 is 0 Å². The zero-order valence-electron chi connectivity index (χ0n) is 11.4. The zero-order chi connectivity index (χ0) is 14.4. The van der Waals surface area contributed by atoms with E-state index in [0.717, 1.165) is 11.1 Å². The van der Waals surface area contributed by atoms with Crippen molar-refractivity contribution in [3.05, 3.63) is 29.3 Å². The normalized spacial score (nSPS) is 12.4. The molecule has 0 saturated heterocycles. The first-order valence-electron chi connectivity index (χ1n) is 6.13. The maximum atomic E-state index is 11.0. The average Bonchev–Trinajstić information content (AvgIpc) is 2.37. The van der Waals surface area contributed by atoms with E-state index in [-0.39, 0.29) is 19.2 Å². The van der Waals surface area contributed by atoms with Crippen LogP contribution < -0.4 is 10.1 Å². The number of benzene rings is 1. The van der Waals surface area contributed by atoms with Crippen molar-refractivity contribution >= 4 is 11.9 Å². The van der Waals surface area contributed by atoms with Gasteiger partial charge in [-0.2, -0.15) is 0 Å². The molecule has 0 bridgehead atoms. The third kappa shape index (κ3) is 3.76. The fourth-order valence-corrected chi connectivity index (χ4v) is 1.60. The van der Waals surface area contributed by atoms with Crippen LogP contribution in [-0.4, -0.2) is 30.1 Å². The van der Waals surface area contributed by atoms with E-state index in [9.17, 15) is 9.59 Å². The molecule has 0 radical (unpaired) electrons. The van der Waals surface area contributed by atoms with Crippen molar-refractivity contribution < 1.29 is 20.8 Å². The molecule has 1 amide bonds. The van der Waals surface area contributed by atoms with Crippen LogP contribution in [0.2, 0.25) is 0 Å². The van der Waals surface area contributed by atoms with Crippen molar-refractivity contribution in [3.8, 4) is 5.75 Å². The van der Waals surface area contributed by atoms with Gasteiger partial charge in [-0.05, 0) is 24.1 Å². The smallest absolute Gasteiger partial charge is 0.326 e. The average molecular weight is 252 g/mol. The maximum absolute atomic E-state index is 11.0. The van der Waals surface area contributed by atoms with Crippen LogP contribution in [0.5, 0.6) is 5.75 Å². The number of rotatable bonds is 5. The highest BCUT2D eigenvalue weighted by Gasteiger charge is 2.19. The van der Waals surface area contributed by atoms with Gasteiger partial charge in [0, 0.05) is 14.7 Å². The zero-order valence-corrected chi connectivity index (χ0v) is 10.4. The number of ether oxygens (including phenoxy) is 1. The second kappa shape index (κ2) is 6.05. The van der Waals surface area contributed by atoms with Crippen molar-refractivity contribution in [1.82, 2.24) is 5.32 Å². The molecule has 0 spiro atoms. The van der Waals surface area contributed by atoms with Crippen LogP contribution in [0, 0.1) is 6.90 Å². The molecule has 0 aliphatic carbocycles. The van der Waals surface area contributed by atoms with Crippen LogP contribution in [0.3, 0.4) is 0 Å². The van der Waals surface area contributed by atoms with Gasteiger partial charge in [-0.1, -0.05) is 12.1 Å². The van der Waals surface area contributed by atoms with Gasteiger partial charge in [-0.25, -0.2) is 4.79 Å². The van der Waals surface area contributed by atoms with Gasteiger partial charge < -0.3 is 15.2 Å². The summed E-state index contributed by atoms with van der Waals surface area (Å²) >= 11 is 0. The number of nitrogens with one attached hydrogen (secondary N) is 1. The number of hydrogen-bond acceptors (Lipinski definition) is 3. The van der Waals surface area contributed by atoms with Crippen LogP contribution in [0.25, 0.3) is 0 Å². The summed E-state index contributed by atoms with van der Waals surface area (Å²) < 4.78 is 12.5. The molecule has 5 nitrogen and oxygen atoms in total. The Kier molecular flexibility index (Phi) is 4.17. The third-order valence-corrected chi connectivity index (χ3v) is 2.47. The first kappa shape index (κ1) is 12.4. The quantitative estimate of drug-likeness (QED) is 0.823.